The molecule has 4 rings (SSSR count). The number of aromatic nitrogens is 2. The summed E-state index contributed by atoms with van der Waals surface area (Å²) in [5, 5.41) is 5.19. The summed E-state index contributed by atoms with van der Waals surface area (Å²) < 4.78 is 18.1. The van der Waals surface area contributed by atoms with E-state index in [1.54, 1.807) is 24.3 Å². The van der Waals surface area contributed by atoms with Crippen molar-refractivity contribution in [2.75, 3.05) is 13.2 Å². The van der Waals surface area contributed by atoms with Gasteiger partial charge in [-0.3, -0.25) is 9.59 Å². The number of carbonyl (C=O) groups excluding carboxylic acids is 1. The van der Waals surface area contributed by atoms with E-state index < -0.39 is 5.97 Å². The third-order valence-corrected chi connectivity index (χ3v) is 6.45. The molecule has 0 N–H and O–H groups in total. The molecule has 0 radical (unpaired) electrons. The van der Waals surface area contributed by atoms with E-state index in [0.717, 1.165) is 22.4 Å². The zero-order valence-electron chi connectivity index (χ0n) is 23.4. The number of hydrogen-bond acceptors (Lipinski definition) is 7. The Labute approximate surface area is 238 Å². The number of hydrogen-bond donors (Lipinski definition) is 0. The number of nitrogens with zero attached hydrogens (tertiary/aromatic N) is 3. The normalized spacial score (nSPS) is 11.4. The summed E-state index contributed by atoms with van der Waals surface area (Å²) in [6, 6.07) is 14.4. The first-order valence-electron chi connectivity index (χ1n) is 13.1. The van der Waals surface area contributed by atoms with Crippen molar-refractivity contribution in [2.24, 2.45) is 5.10 Å². The van der Waals surface area contributed by atoms with E-state index in [9.17, 15) is 9.59 Å². The molecule has 0 fully saturated rings. The maximum atomic E-state index is 13.7. The second-order valence-electron chi connectivity index (χ2n) is 9.46. The molecule has 0 aliphatic carbocycles. The molecule has 1 aromatic heterocycles. The summed E-state index contributed by atoms with van der Waals surface area (Å²) in [7, 11) is 0. The summed E-state index contributed by atoms with van der Waals surface area (Å²) in [5.74, 6) is 1.29. The van der Waals surface area contributed by atoms with E-state index in [2.05, 4.69) is 18.9 Å². The highest BCUT2D eigenvalue weighted by Gasteiger charge is 2.19. The number of halogens is 1. The van der Waals surface area contributed by atoms with Gasteiger partial charge in [0.1, 0.15) is 5.75 Å². The van der Waals surface area contributed by atoms with Crippen LogP contribution in [-0.2, 0) is 4.79 Å². The molecular formula is C31H32ClN3O5. The zero-order chi connectivity index (χ0) is 29.0. The van der Waals surface area contributed by atoms with Gasteiger partial charge in [0.2, 0.25) is 0 Å². The van der Waals surface area contributed by atoms with Gasteiger partial charge in [0.15, 0.2) is 17.3 Å². The summed E-state index contributed by atoms with van der Waals surface area (Å²) in [6.07, 6.45) is 1.50. The lowest BCUT2D eigenvalue weighted by Gasteiger charge is -2.18. The Morgan fingerprint density at radius 2 is 1.77 bits per heavy atom. The summed E-state index contributed by atoms with van der Waals surface area (Å²) in [4.78, 5) is 30.2. The SMILES string of the molecule is CCOc1cc(C)c(-c2nc3ccccc3c(=O)n2N=Cc2cc(Cl)c(OC(C)=O)c(OCC)c2)cc1C(C)C. The van der Waals surface area contributed by atoms with Crippen LogP contribution < -0.4 is 19.8 Å². The maximum Gasteiger partial charge on any atom is 0.308 e. The molecule has 0 aliphatic heterocycles. The summed E-state index contributed by atoms with van der Waals surface area (Å²) in [6.45, 7) is 12.1. The van der Waals surface area contributed by atoms with Gasteiger partial charge in [0, 0.05) is 12.5 Å². The topological polar surface area (TPSA) is 92.0 Å². The molecule has 0 spiro atoms. The Morgan fingerprint density at radius 3 is 2.45 bits per heavy atom. The monoisotopic (exact) mass is 561 g/mol. The minimum Gasteiger partial charge on any atom is -0.494 e. The number of carbonyl (C=O) groups is 1. The average Bonchev–Trinajstić information content (AvgIpc) is 2.90. The van der Waals surface area contributed by atoms with Gasteiger partial charge in [-0.2, -0.15) is 9.78 Å². The smallest absolute Gasteiger partial charge is 0.308 e. The number of aryl methyl sites for hydroxylation is 1. The van der Waals surface area contributed by atoms with Gasteiger partial charge in [-0.05, 0) is 79.8 Å². The standard InChI is InChI=1S/C31H32ClN3O5/c1-7-38-27-13-19(5)24(16-23(27)18(3)4)30-34-26-12-10-9-11-22(26)31(37)35(30)33-17-21-14-25(32)29(40-20(6)36)28(15-21)39-8-2/h9-18H,7-8H2,1-6H3. The molecule has 9 heteroatoms. The highest BCUT2D eigenvalue weighted by molar-refractivity contribution is 6.32. The first-order chi connectivity index (χ1) is 19.1. The molecule has 0 saturated carbocycles. The van der Waals surface area contributed by atoms with Crippen molar-refractivity contribution in [1.29, 1.82) is 0 Å². The lowest BCUT2D eigenvalue weighted by Crippen LogP contribution is -2.21. The van der Waals surface area contributed by atoms with Gasteiger partial charge in [0.05, 0.1) is 35.4 Å². The van der Waals surface area contributed by atoms with Crippen LogP contribution in [-0.4, -0.2) is 35.1 Å². The van der Waals surface area contributed by atoms with Crippen LogP contribution in [0.2, 0.25) is 5.02 Å². The van der Waals surface area contributed by atoms with E-state index in [1.165, 1.54) is 17.8 Å². The fourth-order valence-electron chi connectivity index (χ4n) is 4.37. The zero-order valence-corrected chi connectivity index (χ0v) is 24.2. The summed E-state index contributed by atoms with van der Waals surface area (Å²) in [5.41, 5.74) is 3.47. The number of ether oxygens (including phenoxy) is 3. The van der Waals surface area contributed by atoms with Crippen LogP contribution in [0.4, 0.5) is 0 Å². The second kappa shape index (κ2) is 12.3. The molecule has 0 amide bonds. The molecule has 208 valence electrons. The second-order valence-corrected chi connectivity index (χ2v) is 9.87. The molecular weight excluding hydrogens is 530 g/mol. The van der Waals surface area contributed by atoms with Crippen LogP contribution in [0, 0.1) is 6.92 Å². The third kappa shape index (κ3) is 6.02. The minimum atomic E-state index is -0.519. The van der Waals surface area contributed by atoms with Gasteiger partial charge >= 0.3 is 5.97 Å². The lowest BCUT2D eigenvalue weighted by molar-refractivity contribution is -0.132. The Balaban J connectivity index is 1.93. The van der Waals surface area contributed by atoms with E-state index in [1.807, 2.05) is 45.0 Å². The quantitative estimate of drug-likeness (QED) is 0.127. The Hall–Kier alpha value is -4.17. The fourth-order valence-corrected chi connectivity index (χ4v) is 4.63. The Bertz CT molecular complexity index is 1660. The molecule has 40 heavy (non-hydrogen) atoms. The molecule has 8 nitrogen and oxygen atoms in total. The molecule has 4 aromatic rings. The lowest BCUT2D eigenvalue weighted by atomic mass is 9.96. The molecule has 0 unspecified atom stereocenters. The van der Waals surface area contributed by atoms with Crippen molar-refractivity contribution in [1.82, 2.24) is 9.66 Å². The molecule has 1 heterocycles. The van der Waals surface area contributed by atoms with Gasteiger partial charge in [-0.25, -0.2) is 4.98 Å². The van der Waals surface area contributed by atoms with E-state index >= 15 is 0 Å². The van der Waals surface area contributed by atoms with Crippen LogP contribution in [0.25, 0.3) is 22.3 Å². The highest BCUT2D eigenvalue weighted by Crippen LogP contribution is 2.37. The molecule has 0 aliphatic rings. The molecule has 0 bridgehead atoms. The van der Waals surface area contributed by atoms with Crippen molar-refractivity contribution < 1.29 is 19.0 Å². The highest BCUT2D eigenvalue weighted by atomic mass is 35.5. The van der Waals surface area contributed by atoms with Crippen molar-refractivity contribution >= 4 is 34.7 Å². The van der Waals surface area contributed by atoms with E-state index in [4.69, 9.17) is 30.8 Å². The fraction of sp³-hybridized carbons (Fsp3) is 0.290. The molecule has 0 atom stereocenters. The molecule has 0 saturated heterocycles. The Kier molecular flexibility index (Phi) is 8.90. The number of esters is 1. The van der Waals surface area contributed by atoms with Crippen LogP contribution in [0.5, 0.6) is 17.2 Å². The van der Waals surface area contributed by atoms with Gasteiger partial charge in [-0.1, -0.05) is 37.6 Å². The van der Waals surface area contributed by atoms with Crippen molar-refractivity contribution in [3.63, 3.8) is 0 Å². The number of fused-ring (bicyclic) bond motifs is 1. The van der Waals surface area contributed by atoms with E-state index in [-0.39, 0.29) is 22.2 Å². The van der Waals surface area contributed by atoms with Crippen molar-refractivity contribution in [3.05, 3.63) is 80.6 Å². The van der Waals surface area contributed by atoms with Crippen LogP contribution in [0.1, 0.15) is 57.2 Å². The third-order valence-electron chi connectivity index (χ3n) is 6.17. The predicted molar refractivity (Wildman–Crippen MR) is 158 cm³/mol. The average molecular weight is 562 g/mol. The predicted octanol–water partition coefficient (Wildman–Crippen LogP) is 6.75. The number of para-hydroxylation sites is 1. The number of rotatable bonds is 9. The summed E-state index contributed by atoms with van der Waals surface area (Å²) >= 11 is 6.43. The number of benzene rings is 3. The van der Waals surface area contributed by atoms with Crippen LogP contribution in [0.3, 0.4) is 0 Å². The maximum absolute atomic E-state index is 13.7. The van der Waals surface area contributed by atoms with Gasteiger partial charge in [-0.15, -0.1) is 0 Å². The van der Waals surface area contributed by atoms with Crippen LogP contribution in [0.15, 0.2) is 58.4 Å². The first-order valence-corrected chi connectivity index (χ1v) is 13.5. The minimum absolute atomic E-state index is 0.129. The largest absolute Gasteiger partial charge is 0.494 e. The first kappa shape index (κ1) is 28.8. The van der Waals surface area contributed by atoms with E-state index in [0.29, 0.717) is 41.3 Å². The van der Waals surface area contributed by atoms with Crippen molar-refractivity contribution in [2.45, 2.75) is 47.5 Å². The van der Waals surface area contributed by atoms with Crippen molar-refractivity contribution in [3.8, 4) is 28.6 Å². The van der Waals surface area contributed by atoms with Crippen LogP contribution >= 0.6 is 11.6 Å². The van der Waals surface area contributed by atoms with Gasteiger partial charge < -0.3 is 14.2 Å². The Morgan fingerprint density at radius 1 is 1.07 bits per heavy atom. The van der Waals surface area contributed by atoms with Gasteiger partial charge in [0.25, 0.3) is 5.56 Å². The molecule has 3 aromatic carbocycles.